The van der Waals surface area contributed by atoms with Crippen molar-refractivity contribution < 1.29 is 9.59 Å². The van der Waals surface area contributed by atoms with Crippen LogP contribution < -0.4 is 16.0 Å². The van der Waals surface area contributed by atoms with Gasteiger partial charge in [0.15, 0.2) is 0 Å². The standard InChI is InChI=1S/C13H25N3O2/c1-13(2,3)16-12(18)9-14-8-4-5-11(17)15-10-6-7-10/h10,14H,4-9H2,1-3H3,(H,15,17)(H,16,18). The first kappa shape index (κ1) is 15.0. The number of nitrogens with one attached hydrogen (secondary N) is 3. The first-order valence-corrected chi connectivity index (χ1v) is 6.68. The Morgan fingerprint density at radius 3 is 2.39 bits per heavy atom. The molecule has 0 spiro atoms. The second-order valence-electron chi connectivity index (χ2n) is 5.92. The lowest BCUT2D eigenvalue weighted by molar-refractivity contribution is -0.121. The average Bonchev–Trinajstić information content (AvgIpc) is 2.98. The monoisotopic (exact) mass is 255 g/mol. The van der Waals surface area contributed by atoms with Crippen LogP contribution in [0.1, 0.15) is 46.5 Å². The van der Waals surface area contributed by atoms with Crippen LogP contribution in [0.15, 0.2) is 0 Å². The minimum atomic E-state index is -0.192. The molecule has 0 heterocycles. The highest BCUT2D eigenvalue weighted by Crippen LogP contribution is 2.18. The Morgan fingerprint density at radius 1 is 1.17 bits per heavy atom. The minimum absolute atomic E-state index is 0.00932. The Morgan fingerprint density at radius 2 is 1.83 bits per heavy atom. The summed E-state index contributed by atoms with van der Waals surface area (Å²) in [5.41, 5.74) is -0.192. The van der Waals surface area contributed by atoms with Gasteiger partial charge in [-0.3, -0.25) is 9.59 Å². The van der Waals surface area contributed by atoms with Gasteiger partial charge in [-0.1, -0.05) is 0 Å². The fourth-order valence-electron chi connectivity index (χ4n) is 1.57. The van der Waals surface area contributed by atoms with E-state index in [9.17, 15) is 9.59 Å². The molecule has 0 aromatic heterocycles. The van der Waals surface area contributed by atoms with Crippen LogP contribution in [0.3, 0.4) is 0 Å². The lowest BCUT2D eigenvalue weighted by atomic mass is 10.1. The molecule has 0 atom stereocenters. The molecule has 0 bridgehead atoms. The van der Waals surface area contributed by atoms with E-state index in [1.54, 1.807) is 0 Å². The number of carbonyl (C=O) groups excluding carboxylic acids is 2. The van der Waals surface area contributed by atoms with Gasteiger partial charge >= 0.3 is 0 Å². The van der Waals surface area contributed by atoms with Crippen molar-refractivity contribution >= 4 is 11.8 Å². The molecule has 0 aliphatic heterocycles. The predicted molar refractivity (Wildman–Crippen MR) is 71.2 cm³/mol. The van der Waals surface area contributed by atoms with Crippen molar-refractivity contribution in [2.75, 3.05) is 13.1 Å². The van der Waals surface area contributed by atoms with Gasteiger partial charge in [0.05, 0.1) is 6.54 Å². The number of carbonyl (C=O) groups is 2. The first-order valence-electron chi connectivity index (χ1n) is 6.68. The van der Waals surface area contributed by atoms with E-state index in [0.29, 0.717) is 25.6 Å². The SMILES string of the molecule is CC(C)(C)NC(=O)CNCCCC(=O)NC1CC1. The summed E-state index contributed by atoms with van der Waals surface area (Å²) in [6, 6.07) is 0.433. The first-order chi connectivity index (χ1) is 8.37. The summed E-state index contributed by atoms with van der Waals surface area (Å²) in [5.74, 6) is 0.114. The van der Waals surface area contributed by atoms with E-state index < -0.39 is 0 Å². The van der Waals surface area contributed by atoms with Crippen molar-refractivity contribution in [3.63, 3.8) is 0 Å². The van der Waals surface area contributed by atoms with Gasteiger partial charge in [0.25, 0.3) is 0 Å². The summed E-state index contributed by atoms with van der Waals surface area (Å²) in [6.45, 7) is 6.85. The summed E-state index contributed by atoms with van der Waals surface area (Å²) >= 11 is 0. The Labute approximate surface area is 109 Å². The third-order valence-corrected chi connectivity index (χ3v) is 2.50. The topological polar surface area (TPSA) is 70.2 Å². The minimum Gasteiger partial charge on any atom is -0.353 e. The van der Waals surface area contributed by atoms with Gasteiger partial charge < -0.3 is 16.0 Å². The molecule has 5 heteroatoms. The zero-order chi connectivity index (χ0) is 13.6. The summed E-state index contributed by atoms with van der Waals surface area (Å²) < 4.78 is 0. The van der Waals surface area contributed by atoms with Crippen molar-refractivity contribution in [1.29, 1.82) is 0 Å². The largest absolute Gasteiger partial charge is 0.353 e. The van der Waals surface area contributed by atoms with Crippen LogP contribution in [0.4, 0.5) is 0 Å². The van der Waals surface area contributed by atoms with Crippen LogP contribution in [0, 0.1) is 0 Å². The number of amides is 2. The number of hydrogen-bond donors (Lipinski definition) is 3. The Bertz CT molecular complexity index is 293. The van der Waals surface area contributed by atoms with Crippen LogP contribution in [-0.4, -0.2) is 36.5 Å². The van der Waals surface area contributed by atoms with Gasteiger partial charge in [0, 0.05) is 18.0 Å². The third kappa shape index (κ3) is 8.06. The molecule has 0 aromatic carbocycles. The average molecular weight is 255 g/mol. The van der Waals surface area contributed by atoms with Gasteiger partial charge in [-0.15, -0.1) is 0 Å². The Hall–Kier alpha value is -1.10. The van der Waals surface area contributed by atoms with Gasteiger partial charge in [0.2, 0.25) is 11.8 Å². The molecule has 1 fully saturated rings. The second-order valence-corrected chi connectivity index (χ2v) is 5.92. The number of hydrogen-bond acceptors (Lipinski definition) is 3. The highest BCUT2D eigenvalue weighted by molar-refractivity contribution is 5.78. The second kappa shape index (κ2) is 6.73. The normalized spacial score (nSPS) is 15.3. The van der Waals surface area contributed by atoms with Crippen LogP contribution >= 0.6 is 0 Å². The molecule has 0 unspecified atom stereocenters. The fourth-order valence-corrected chi connectivity index (χ4v) is 1.57. The zero-order valence-corrected chi connectivity index (χ0v) is 11.6. The molecular weight excluding hydrogens is 230 g/mol. The van der Waals surface area contributed by atoms with E-state index in [1.807, 2.05) is 20.8 Å². The third-order valence-electron chi connectivity index (χ3n) is 2.50. The molecule has 1 aliphatic rings. The molecule has 1 rings (SSSR count). The molecule has 1 saturated carbocycles. The van der Waals surface area contributed by atoms with Crippen molar-refractivity contribution in [2.45, 2.75) is 58.0 Å². The molecule has 3 N–H and O–H groups in total. The maximum atomic E-state index is 11.5. The molecule has 5 nitrogen and oxygen atoms in total. The van der Waals surface area contributed by atoms with E-state index in [1.165, 1.54) is 0 Å². The quantitative estimate of drug-likeness (QED) is 0.582. The summed E-state index contributed by atoms with van der Waals surface area (Å²) in [4.78, 5) is 22.8. The Kier molecular flexibility index (Phi) is 5.59. The van der Waals surface area contributed by atoms with Gasteiger partial charge in [-0.25, -0.2) is 0 Å². The van der Waals surface area contributed by atoms with Crippen LogP contribution in [0.25, 0.3) is 0 Å². The maximum absolute atomic E-state index is 11.5. The van der Waals surface area contributed by atoms with Crippen LogP contribution in [-0.2, 0) is 9.59 Å². The summed E-state index contributed by atoms with van der Waals surface area (Å²) in [6.07, 6.45) is 3.54. The van der Waals surface area contributed by atoms with E-state index in [0.717, 1.165) is 19.3 Å². The molecular formula is C13H25N3O2. The molecule has 2 amide bonds. The molecule has 0 saturated heterocycles. The van der Waals surface area contributed by atoms with Gasteiger partial charge in [0.1, 0.15) is 0 Å². The maximum Gasteiger partial charge on any atom is 0.234 e. The van der Waals surface area contributed by atoms with Crippen molar-refractivity contribution in [3.05, 3.63) is 0 Å². The van der Waals surface area contributed by atoms with Crippen molar-refractivity contribution in [2.24, 2.45) is 0 Å². The van der Waals surface area contributed by atoms with E-state index in [-0.39, 0.29) is 17.4 Å². The van der Waals surface area contributed by atoms with Gasteiger partial charge in [-0.2, -0.15) is 0 Å². The lowest BCUT2D eigenvalue weighted by Gasteiger charge is -2.20. The zero-order valence-electron chi connectivity index (χ0n) is 11.6. The fraction of sp³-hybridized carbons (Fsp3) is 0.846. The predicted octanol–water partition coefficient (Wildman–Crippen LogP) is 0.550. The van der Waals surface area contributed by atoms with E-state index in [4.69, 9.17) is 0 Å². The summed E-state index contributed by atoms with van der Waals surface area (Å²) in [7, 11) is 0. The molecule has 1 aliphatic carbocycles. The van der Waals surface area contributed by atoms with Gasteiger partial charge in [-0.05, 0) is 46.6 Å². The molecule has 104 valence electrons. The van der Waals surface area contributed by atoms with Crippen molar-refractivity contribution in [1.82, 2.24) is 16.0 Å². The van der Waals surface area contributed by atoms with E-state index >= 15 is 0 Å². The summed E-state index contributed by atoms with van der Waals surface area (Å²) in [5, 5.41) is 8.85. The molecule has 18 heavy (non-hydrogen) atoms. The van der Waals surface area contributed by atoms with Crippen LogP contribution in [0.5, 0.6) is 0 Å². The highest BCUT2D eigenvalue weighted by atomic mass is 16.2. The molecule has 0 aromatic rings. The Balaban J connectivity index is 1.94. The van der Waals surface area contributed by atoms with Crippen molar-refractivity contribution in [3.8, 4) is 0 Å². The smallest absolute Gasteiger partial charge is 0.234 e. The highest BCUT2D eigenvalue weighted by Gasteiger charge is 2.22. The van der Waals surface area contributed by atoms with E-state index in [2.05, 4.69) is 16.0 Å². The number of rotatable bonds is 7. The lowest BCUT2D eigenvalue weighted by Crippen LogP contribution is -2.45. The van der Waals surface area contributed by atoms with Crippen LogP contribution in [0.2, 0.25) is 0 Å². The molecule has 0 radical (unpaired) electrons.